The van der Waals surface area contributed by atoms with E-state index < -0.39 is 6.61 Å². The first-order valence-electron chi connectivity index (χ1n) is 5.61. The van der Waals surface area contributed by atoms with Crippen molar-refractivity contribution in [2.24, 2.45) is 0 Å². The van der Waals surface area contributed by atoms with Gasteiger partial charge in [-0.25, -0.2) is 0 Å². The molecule has 0 aliphatic carbocycles. The second-order valence-corrected chi connectivity index (χ2v) is 4.09. The maximum Gasteiger partial charge on any atom is 0.388 e. The van der Waals surface area contributed by atoms with Crippen LogP contribution in [0.5, 0.6) is 11.8 Å². The Bertz CT molecular complexity index is 439. The van der Waals surface area contributed by atoms with Gasteiger partial charge in [-0.3, -0.25) is 4.79 Å². The van der Waals surface area contributed by atoms with Gasteiger partial charge in [-0.1, -0.05) is 0 Å². The standard InChI is InChI=1S/C12H16F2N2O3/c1-16(2)5-4-9(17)8-6-10(18-3)15-11(7-8)19-12(13)14/h6-7,12H,4-5H2,1-3H3. The molecule has 0 atom stereocenters. The Morgan fingerprint density at radius 1 is 1.37 bits per heavy atom. The lowest BCUT2D eigenvalue weighted by atomic mass is 10.1. The summed E-state index contributed by atoms with van der Waals surface area (Å²) in [5.41, 5.74) is 0.240. The van der Waals surface area contributed by atoms with Gasteiger partial charge in [0.2, 0.25) is 11.8 Å². The Morgan fingerprint density at radius 2 is 2.00 bits per heavy atom. The summed E-state index contributed by atoms with van der Waals surface area (Å²) >= 11 is 0. The lowest BCUT2D eigenvalue weighted by Gasteiger charge is -2.10. The molecule has 1 aromatic heterocycles. The van der Waals surface area contributed by atoms with Crippen LogP contribution in [0.2, 0.25) is 0 Å². The van der Waals surface area contributed by atoms with Gasteiger partial charge >= 0.3 is 6.61 Å². The van der Waals surface area contributed by atoms with E-state index in [-0.39, 0.29) is 29.5 Å². The Labute approximate surface area is 110 Å². The monoisotopic (exact) mass is 274 g/mol. The van der Waals surface area contributed by atoms with Crippen LogP contribution in [0.3, 0.4) is 0 Å². The molecule has 5 nitrogen and oxygen atoms in total. The zero-order valence-corrected chi connectivity index (χ0v) is 11.0. The second-order valence-electron chi connectivity index (χ2n) is 4.09. The molecule has 1 heterocycles. The summed E-state index contributed by atoms with van der Waals surface area (Å²) in [6.45, 7) is -2.43. The number of nitrogens with zero attached hydrogens (tertiary/aromatic N) is 2. The minimum absolute atomic E-state index is 0.0614. The number of pyridine rings is 1. The van der Waals surface area contributed by atoms with E-state index in [1.54, 1.807) is 0 Å². The van der Waals surface area contributed by atoms with Gasteiger partial charge in [-0.15, -0.1) is 0 Å². The molecule has 0 aliphatic heterocycles. The minimum atomic E-state index is -3.00. The molecule has 0 aliphatic rings. The van der Waals surface area contributed by atoms with Crippen LogP contribution in [0.15, 0.2) is 12.1 Å². The normalized spacial score (nSPS) is 10.9. The topological polar surface area (TPSA) is 51.7 Å². The number of hydrogen-bond acceptors (Lipinski definition) is 5. The molecule has 0 saturated carbocycles. The number of rotatable bonds is 7. The number of carbonyl (C=O) groups is 1. The number of carbonyl (C=O) groups excluding carboxylic acids is 1. The van der Waals surface area contributed by atoms with Gasteiger partial charge in [-0.2, -0.15) is 13.8 Å². The molecule has 0 aromatic carbocycles. The van der Waals surface area contributed by atoms with Crippen LogP contribution in [-0.4, -0.2) is 50.0 Å². The van der Waals surface area contributed by atoms with Crippen molar-refractivity contribution in [2.45, 2.75) is 13.0 Å². The lowest BCUT2D eigenvalue weighted by Crippen LogP contribution is -2.17. The fraction of sp³-hybridized carbons (Fsp3) is 0.500. The number of hydrogen-bond donors (Lipinski definition) is 0. The second kappa shape index (κ2) is 6.98. The van der Waals surface area contributed by atoms with E-state index in [1.807, 2.05) is 19.0 Å². The number of ether oxygens (including phenoxy) is 2. The zero-order chi connectivity index (χ0) is 14.4. The number of ketones is 1. The molecular weight excluding hydrogens is 258 g/mol. The molecular formula is C12H16F2N2O3. The number of alkyl halides is 2. The molecule has 0 N–H and O–H groups in total. The molecule has 0 bridgehead atoms. The molecule has 0 unspecified atom stereocenters. The minimum Gasteiger partial charge on any atom is -0.481 e. The van der Waals surface area contributed by atoms with E-state index in [0.717, 1.165) is 0 Å². The van der Waals surface area contributed by atoms with Crippen molar-refractivity contribution in [2.75, 3.05) is 27.7 Å². The van der Waals surface area contributed by atoms with E-state index in [2.05, 4.69) is 9.72 Å². The molecule has 0 saturated heterocycles. The van der Waals surface area contributed by atoms with Crippen LogP contribution in [0.4, 0.5) is 8.78 Å². The first kappa shape index (κ1) is 15.3. The number of methoxy groups -OCH3 is 1. The highest BCUT2D eigenvalue weighted by molar-refractivity contribution is 5.96. The van der Waals surface area contributed by atoms with Crippen molar-refractivity contribution in [3.05, 3.63) is 17.7 Å². The number of aromatic nitrogens is 1. The van der Waals surface area contributed by atoms with Gasteiger partial charge in [0.25, 0.3) is 0 Å². The predicted octanol–water partition coefficient (Wildman–Crippen LogP) is 1.83. The third kappa shape index (κ3) is 5.17. The van der Waals surface area contributed by atoms with Crippen molar-refractivity contribution >= 4 is 5.78 Å². The van der Waals surface area contributed by atoms with E-state index in [0.29, 0.717) is 6.54 Å². The number of Topliss-reactive ketones (excluding diaryl/α,β-unsaturated/α-hetero) is 1. The maximum atomic E-state index is 12.1. The molecule has 0 fully saturated rings. The van der Waals surface area contributed by atoms with Gasteiger partial charge in [-0.05, 0) is 14.1 Å². The molecule has 0 spiro atoms. The van der Waals surface area contributed by atoms with Gasteiger partial charge in [0.05, 0.1) is 7.11 Å². The highest BCUT2D eigenvalue weighted by atomic mass is 19.3. The van der Waals surface area contributed by atoms with Gasteiger partial charge < -0.3 is 14.4 Å². The summed E-state index contributed by atoms with van der Waals surface area (Å²) in [6.07, 6.45) is 0.272. The molecule has 0 amide bonds. The smallest absolute Gasteiger partial charge is 0.388 e. The van der Waals surface area contributed by atoms with Gasteiger partial charge in [0.1, 0.15) is 0 Å². The first-order chi connectivity index (χ1) is 8.92. The lowest BCUT2D eigenvalue weighted by molar-refractivity contribution is -0.0531. The molecule has 106 valence electrons. The third-order valence-electron chi connectivity index (χ3n) is 2.31. The van der Waals surface area contributed by atoms with Crippen LogP contribution in [0.25, 0.3) is 0 Å². The zero-order valence-electron chi connectivity index (χ0n) is 11.0. The van der Waals surface area contributed by atoms with Crippen LogP contribution >= 0.6 is 0 Å². The summed E-state index contributed by atoms with van der Waals surface area (Å²) in [5.74, 6) is -0.456. The summed E-state index contributed by atoms with van der Waals surface area (Å²) < 4.78 is 33.3. The Hall–Kier alpha value is -1.76. The van der Waals surface area contributed by atoms with Crippen LogP contribution < -0.4 is 9.47 Å². The quantitative estimate of drug-likeness (QED) is 0.710. The van der Waals surface area contributed by atoms with E-state index in [1.165, 1.54) is 19.2 Å². The first-order valence-corrected chi connectivity index (χ1v) is 5.61. The summed E-state index contributed by atoms with van der Waals surface area (Å²) in [7, 11) is 5.01. The third-order valence-corrected chi connectivity index (χ3v) is 2.31. The van der Waals surface area contributed by atoms with Crippen molar-refractivity contribution in [3.8, 4) is 11.8 Å². The average molecular weight is 274 g/mol. The summed E-state index contributed by atoms with van der Waals surface area (Å²) in [5, 5.41) is 0. The van der Waals surface area contributed by atoms with E-state index >= 15 is 0 Å². The van der Waals surface area contributed by atoms with Crippen LogP contribution in [0.1, 0.15) is 16.8 Å². The van der Waals surface area contributed by atoms with Crippen molar-refractivity contribution in [1.29, 1.82) is 0 Å². The molecule has 1 rings (SSSR count). The molecule has 19 heavy (non-hydrogen) atoms. The summed E-state index contributed by atoms with van der Waals surface area (Å²) in [4.78, 5) is 17.4. The van der Waals surface area contributed by atoms with Crippen LogP contribution in [0, 0.1) is 0 Å². The van der Waals surface area contributed by atoms with Crippen LogP contribution in [-0.2, 0) is 0 Å². The molecule has 7 heteroatoms. The highest BCUT2D eigenvalue weighted by Gasteiger charge is 2.14. The highest BCUT2D eigenvalue weighted by Crippen LogP contribution is 2.20. The largest absolute Gasteiger partial charge is 0.481 e. The number of halogens is 2. The predicted molar refractivity (Wildman–Crippen MR) is 64.9 cm³/mol. The fourth-order valence-corrected chi connectivity index (χ4v) is 1.37. The van der Waals surface area contributed by atoms with Gasteiger partial charge in [0, 0.05) is 30.7 Å². The summed E-state index contributed by atoms with van der Waals surface area (Å²) in [6, 6.07) is 2.59. The van der Waals surface area contributed by atoms with Crippen molar-refractivity contribution in [3.63, 3.8) is 0 Å². The average Bonchev–Trinajstić information content (AvgIpc) is 2.34. The molecule has 1 aromatic rings. The Morgan fingerprint density at radius 3 is 2.53 bits per heavy atom. The fourth-order valence-electron chi connectivity index (χ4n) is 1.37. The van der Waals surface area contributed by atoms with E-state index in [9.17, 15) is 13.6 Å². The van der Waals surface area contributed by atoms with Gasteiger partial charge in [0.15, 0.2) is 5.78 Å². The van der Waals surface area contributed by atoms with E-state index in [4.69, 9.17) is 4.74 Å². The Kier molecular flexibility index (Phi) is 5.62. The molecule has 0 radical (unpaired) electrons. The van der Waals surface area contributed by atoms with Crippen molar-refractivity contribution in [1.82, 2.24) is 9.88 Å². The maximum absolute atomic E-state index is 12.1. The Balaban J connectivity index is 2.89. The van der Waals surface area contributed by atoms with Crippen molar-refractivity contribution < 1.29 is 23.0 Å². The SMILES string of the molecule is COc1cc(C(=O)CCN(C)C)cc(OC(F)F)n1.